The van der Waals surface area contributed by atoms with Crippen LogP contribution in [0.4, 0.5) is 5.69 Å². The lowest BCUT2D eigenvalue weighted by Crippen LogP contribution is -2.23. The molecule has 1 aliphatic rings. The molecule has 3 aromatic heterocycles. The molecule has 4 aromatic rings. The van der Waals surface area contributed by atoms with Gasteiger partial charge >= 0.3 is 0 Å². The number of carbonyl (C=O) groups excluding carboxylic acids is 1. The quantitative estimate of drug-likeness (QED) is 0.514. The second-order valence-electron chi connectivity index (χ2n) is 7.64. The van der Waals surface area contributed by atoms with Gasteiger partial charge in [-0.15, -0.1) is 0 Å². The van der Waals surface area contributed by atoms with E-state index < -0.39 is 0 Å². The molecule has 5 rings (SSSR count). The molecule has 0 atom stereocenters. The van der Waals surface area contributed by atoms with Crippen molar-refractivity contribution in [3.8, 4) is 22.3 Å². The number of fused-ring (bicyclic) bond motifs is 1. The van der Waals surface area contributed by atoms with Crippen LogP contribution in [0, 0.1) is 6.92 Å². The third-order valence-electron chi connectivity index (χ3n) is 5.70. The molecule has 0 spiro atoms. The van der Waals surface area contributed by atoms with Crippen molar-refractivity contribution in [3.05, 3.63) is 66.7 Å². The highest BCUT2D eigenvalue weighted by Gasteiger charge is 2.21. The van der Waals surface area contributed by atoms with Gasteiger partial charge in [-0.3, -0.25) is 9.78 Å². The molecule has 1 aliphatic heterocycles. The van der Waals surface area contributed by atoms with Gasteiger partial charge in [0, 0.05) is 67.0 Å². The molecule has 5 heteroatoms. The maximum Gasteiger partial charge on any atom is 0.227 e. The van der Waals surface area contributed by atoms with Crippen LogP contribution in [0.1, 0.15) is 18.4 Å². The zero-order chi connectivity index (χ0) is 20.0. The molecule has 0 N–H and O–H groups in total. The summed E-state index contributed by atoms with van der Waals surface area (Å²) < 4.78 is 2.04. The number of amides is 1. The van der Waals surface area contributed by atoms with E-state index in [1.807, 2.05) is 53.4 Å². The third-order valence-corrected chi connectivity index (χ3v) is 5.70. The van der Waals surface area contributed by atoms with Crippen LogP contribution >= 0.6 is 0 Å². The lowest BCUT2D eigenvalue weighted by atomic mass is 9.97. The Hall–Kier alpha value is -3.47. The Morgan fingerprint density at radius 2 is 1.76 bits per heavy atom. The molecule has 1 saturated heterocycles. The molecule has 5 nitrogen and oxygen atoms in total. The summed E-state index contributed by atoms with van der Waals surface area (Å²) in [6, 6.07) is 12.5. The largest absolute Gasteiger partial charge is 0.336 e. The van der Waals surface area contributed by atoms with Crippen LogP contribution in [0.2, 0.25) is 0 Å². The van der Waals surface area contributed by atoms with Gasteiger partial charge in [-0.05, 0) is 54.3 Å². The number of aryl methyl sites for hydroxylation is 2. The summed E-state index contributed by atoms with van der Waals surface area (Å²) in [4.78, 5) is 22.9. The minimum Gasteiger partial charge on any atom is -0.336 e. The Labute approximate surface area is 169 Å². The third kappa shape index (κ3) is 2.99. The summed E-state index contributed by atoms with van der Waals surface area (Å²) in [6.07, 6.45) is 9.34. The van der Waals surface area contributed by atoms with Crippen molar-refractivity contribution in [2.24, 2.45) is 7.05 Å². The van der Waals surface area contributed by atoms with Crippen LogP contribution in [0.5, 0.6) is 0 Å². The predicted molar refractivity (Wildman–Crippen MR) is 116 cm³/mol. The fraction of sp³-hybridized carbons (Fsp3) is 0.208. The topological polar surface area (TPSA) is 51.0 Å². The van der Waals surface area contributed by atoms with E-state index in [2.05, 4.69) is 41.2 Å². The maximum absolute atomic E-state index is 12.0. The highest BCUT2D eigenvalue weighted by atomic mass is 16.2. The summed E-state index contributed by atoms with van der Waals surface area (Å²) >= 11 is 0. The minimum absolute atomic E-state index is 0.210. The van der Waals surface area contributed by atoms with Crippen molar-refractivity contribution in [1.82, 2.24) is 14.5 Å². The molecule has 0 radical (unpaired) electrons. The Bertz CT molecular complexity index is 1220. The van der Waals surface area contributed by atoms with E-state index in [9.17, 15) is 4.79 Å². The van der Waals surface area contributed by atoms with E-state index in [1.54, 1.807) is 0 Å². The van der Waals surface area contributed by atoms with Gasteiger partial charge in [-0.1, -0.05) is 12.1 Å². The first-order chi connectivity index (χ1) is 14.1. The zero-order valence-corrected chi connectivity index (χ0v) is 16.6. The lowest BCUT2D eigenvalue weighted by molar-refractivity contribution is -0.117. The molecule has 1 amide bonds. The number of aromatic nitrogens is 3. The van der Waals surface area contributed by atoms with Crippen LogP contribution in [-0.2, 0) is 11.8 Å². The Balaban J connectivity index is 1.54. The first-order valence-electron chi connectivity index (χ1n) is 9.89. The summed E-state index contributed by atoms with van der Waals surface area (Å²) in [6.45, 7) is 2.90. The minimum atomic E-state index is 0.210. The van der Waals surface area contributed by atoms with E-state index in [-0.39, 0.29) is 5.91 Å². The van der Waals surface area contributed by atoms with Gasteiger partial charge in [0.15, 0.2) is 0 Å². The van der Waals surface area contributed by atoms with E-state index in [0.29, 0.717) is 6.42 Å². The van der Waals surface area contributed by atoms with Gasteiger partial charge in [-0.25, -0.2) is 4.98 Å². The first kappa shape index (κ1) is 17.6. The average Bonchev–Trinajstić information content (AvgIpc) is 3.34. The van der Waals surface area contributed by atoms with Gasteiger partial charge in [0.25, 0.3) is 0 Å². The molecular weight excluding hydrogens is 360 g/mol. The van der Waals surface area contributed by atoms with Crippen LogP contribution in [0.3, 0.4) is 0 Å². The maximum atomic E-state index is 12.0. The monoisotopic (exact) mass is 382 g/mol. The number of hydrogen-bond donors (Lipinski definition) is 0. The number of rotatable bonds is 3. The second kappa shape index (κ2) is 6.85. The Morgan fingerprint density at radius 3 is 2.52 bits per heavy atom. The number of hydrogen-bond acceptors (Lipinski definition) is 3. The second-order valence-corrected chi connectivity index (χ2v) is 7.64. The van der Waals surface area contributed by atoms with Crippen molar-refractivity contribution >= 4 is 22.6 Å². The number of benzene rings is 1. The van der Waals surface area contributed by atoms with E-state index >= 15 is 0 Å². The molecule has 1 aromatic carbocycles. The fourth-order valence-corrected chi connectivity index (χ4v) is 4.18. The average molecular weight is 382 g/mol. The fourth-order valence-electron chi connectivity index (χ4n) is 4.18. The Morgan fingerprint density at radius 1 is 0.966 bits per heavy atom. The van der Waals surface area contributed by atoms with Crippen LogP contribution < -0.4 is 4.90 Å². The molecular formula is C24H22N4O. The van der Waals surface area contributed by atoms with Gasteiger partial charge < -0.3 is 9.47 Å². The van der Waals surface area contributed by atoms with Gasteiger partial charge in [0.2, 0.25) is 5.91 Å². The lowest BCUT2D eigenvalue weighted by Gasteiger charge is -2.16. The highest BCUT2D eigenvalue weighted by Crippen LogP contribution is 2.33. The first-order valence-corrected chi connectivity index (χ1v) is 9.89. The molecule has 1 fully saturated rings. The van der Waals surface area contributed by atoms with Crippen molar-refractivity contribution in [2.45, 2.75) is 19.8 Å². The van der Waals surface area contributed by atoms with Crippen molar-refractivity contribution in [3.63, 3.8) is 0 Å². The normalized spacial score (nSPS) is 14.1. The summed E-state index contributed by atoms with van der Waals surface area (Å²) in [5.74, 6) is 0.210. The predicted octanol–water partition coefficient (Wildman–Crippen LogP) is 4.74. The molecule has 0 aliphatic carbocycles. The highest BCUT2D eigenvalue weighted by molar-refractivity contribution is 5.96. The molecule has 0 saturated carbocycles. The number of nitrogens with zero attached hydrogens (tertiary/aromatic N) is 4. The molecule has 144 valence electrons. The van der Waals surface area contributed by atoms with Gasteiger partial charge in [-0.2, -0.15) is 0 Å². The molecule has 0 bridgehead atoms. The Kier molecular flexibility index (Phi) is 4.16. The molecule has 0 unspecified atom stereocenters. The van der Waals surface area contributed by atoms with Crippen LogP contribution in [0.25, 0.3) is 33.3 Å². The van der Waals surface area contributed by atoms with Crippen molar-refractivity contribution in [1.29, 1.82) is 0 Å². The zero-order valence-electron chi connectivity index (χ0n) is 16.6. The summed E-state index contributed by atoms with van der Waals surface area (Å²) in [7, 11) is 2.01. The van der Waals surface area contributed by atoms with Gasteiger partial charge in [0.05, 0.1) is 0 Å². The van der Waals surface area contributed by atoms with E-state index in [4.69, 9.17) is 0 Å². The molecule has 4 heterocycles. The SMILES string of the molecule is Cc1cnc2c(ccn2C)c1-c1cncc(-c2ccc(N3CCCC3=O)cc2)c1. The van der Waals surface area contributed by atoms with E-state index in [1.165, 1.54) is 5.56 Å². The van der Waals surface area contributed by atoms with Gasteiger partial charge in [0.1, 0.15) is 5.65 Å². The summed E-state index contributed by atoms with van der Waals surface area (Å²) in [5.41, 5.74) is 7.46. The number of anilines is 1. The number of carbonyl (C=O) groups is 1. The molecule has 29 heavy (non-hydrogen) atoms. The van der Waals surface area contributed by atoms with Crippen LogP contribution in [0.15, 0.2) is 61.2 Å². The van der Waals surface area contributed by atoms with Crippen molar-refractivity contribution < 1.29 is 4.79 Å². The van der Waals surface area contributed by atoms with Crippen molar-refractivity contribution in [2.75, 3.05) is 11.4 Å². The number of pyridine rings is 2. The summed E-state index contributed by atoms with van der Waals surface area (Å²) in [5, 5.41) is 1.13. The standard InChI is InChI=1S/C24H22N4O/c1-16-13-26-24-21(9-11-27(24)2)23(16)19-12-18(14-25-15-19)17-5-7-20(8-6-17)28-10-3-4-22(28)29/h5-9,11-15H,3-4,10H2,1-2H3. The smallest absolute Gasteiger partial charge is 0.227 e. The van der Waals surface area contributed by atoms with E-state index in [0.717, 1.165) is 51.9 Å². The van der Waals surface area contributed by atoms with Crippen LogP contribution in [-0.4, -0.2) is 27.0 Å².